The van der Waals surface area contributed by atoms with Gasteiger partial charge in [0, 0.05) is 6.54 Å². The van der Waals surface area contributed by atoms with E-state index in [1.165, 1.54) is 4.72 Å². The van der Waals surface area contributed by atoms with Crippen LogP contribution in [0.2, 0.25) is 0 Å². The van der Waals surface area contributed by atoms with Crippen molar-refractivity contribution < 1.29 is 31.8 Å². The van der Waals surface area contributed by atoms with E-state index in [4.69, 9.17) is 5.11 Å². The lowest BCUT2D eigenvalue weighted by molar-refractivity contribution is -0.149. The van der Waals surface area contributed by atoms with Crippen molar-refractivity contribution in [2.45, 2.75) is 11.9 Å². The molecule has 14 heavy (non-hydrogen) atoms. The Bertz CT molecular complexity index is 290. The summed E-state index contributed by atoms with van der Waals surface area (Å²) in [5, 5.41) is 8.82. The van der Waals surface area contributed by atoms with Gasteiger partial charge in [-0.1, -0.05) is 0 Å². The van der Waals surface area contributed by atoms with E-state index >= 15 is 0 Å². The first-order valence-corrected chi connectivity index (χ1v) is 4.88. The van der Waals surface area contributed by atoms with E-state index in [0.29, 0.717) is 0 Å². The number of rotatable bonds is 5. The van der Waals surface area contributed by atoms with E-state index in [0.717, 1.165) is 7.11 Å². The number of carbonyl (C=O) groups excluding carboxylic acids is 1. The summed E-state index contributed by atoms with van der Waals surface area (Å²) in [6.45, 7) is -0.848. The number of esters is 1. The van der Waals surface area contributed by atoms with Crippen LogP contribution in [0.5, 0.6) is 0 Å². The normalized spacial score (nSPS) is 14.1. The predicted octanol–water partition coefficient (Wildman–Crippen LogP) is -1.34. The van der Waals surface area contributed by atoms with Crippen molar-refractivity contribution in [3.8, 4) is 0 Å². The molecule has 0 aromatic carbocycles. The molecule has 0 heterocycles. The molecule has 6 nitrogen and oxygen atoms in total. The minimum absolute atomic E-state index is 0.848. The molecule has 1 unspecified atom stereocenters. The lowest BCUT2D eigenvalue weighted by Gasteiger charge is -2.09. The van der Waals surface area contributed by atoms with E-state index in [1.54, 1.807) is 0 Å². The fourth-order valence-corrected chi connectivity index (χ4v) is 0.994. The van der Waals surface area contributed by atoms with Crippen LogP contribution in [0.15, 0.2) is 0 Å². The smallest absolute Gasteiger partial charge is 0.350 e. The molecule has 0 saturated carbocycles. The standard InChI is InChI=1S/C5H9F2NO5S/c1-13-4(10)3(9)2-8-14(11,12)5(6)7/h3,5,8-9H,2H2,1H3. The molecular weight excluding hydrogens is 224 g/mol. The summed E-state index contributed by atoms with van der Waals surface area (Å²) >= 11 is 0. The van der Waals surface area contributed by atoms with Crippen molar-refractivity contribution in [2.75, 3.05) is 13.7 Å². The van der Waals surface area contributed by atoms with Gasteiger partial charge in [0.15, 0.2) is 6.10 Å². The molecule has 0 spiro atoms. The Balaban J connectivity index is 4.14. The fourth-order valence-electron chi connectivity index (χ4n) is 0.477. The van der Waals surface area contributed by atoms with Gasteiger partial charge in [-0.15, -0.1) is 0 Å². The summed E-state index contributed by atoms with van der Waals surface area (Å²) in [4.78, 5) is 10.5. The van der Waals surface area contributed by atoms with Gasteiger partial charge >= 0.3 is 11.7 Å². The third-order valence-electron chi connectivity index (χ3n) is 1.19. The number of nitrogens with one attached hydrogen (secondary N) is 1. The Hall–Kier alpha value is -0.800. The molecule has 0 aromatic heterocycles. The first kappa shape index (κ1) is 13.2. The largest absolute Gasteiger partial charge is 0.467 e. The summed E-state index contributed by atoms with van der Waals surface area (Å²) in [6.07, 6.45) is -1.80. The maximum absolute atomic E-state index is 11.7. The van der Waals surface area contributed by atoms with Crippen LogP contribution in [0.3, 0.4) is 0 Å². The number of alkyl halides is 2. The molecule has 0 fully saturated rings. The highest BCUT2D eigenvalue weighted by molar-refractivity contribution is 7.89. The van der Waals surface area contributed by atoms with Gasteiger partial charge in [0.25, 0.3) is 10.0 Å². The molecule has 0 aromatic rings. The monoisotopic (exact) mass is 233 g/mol. The summed E-state index contributed by atoms with van der Waals surface area (Å²) in [7, 11) is -3.82. The molecule has 0 aliphatic rings. The van der Waals surface area contributed by atoms with Crippen molar-refractivity contribution in [1.29, 1.82) is 0 Å². The Morgan fingerprint density at radius 1 is 1.57 bits per heavy atom. The number of aliphatic hydroxyl groups excluding tert-OH is 1. The van der Waals surface area contributed by atoms with Crippen LogP contribution in [-0.2, 0) is 19.6 Å². The molecule has 0 radical (unpaired) electrons. The van der Waals surface area contributed by atoms with Crippen molar-refractivity contribution >= 4 is 16.0 Å². The molecule has 0 aliphatic heterocycles. The van der Waals surface area contributed by atoms with Crippen molar-refractivity contribution in [3.63, 3.8) is 0 Å². The number of carbonyl (C=O) groups is 1. The van der Waals surface area contributed by atoms with E-state index in [2.05, 4.69) is 4.74 Å². The van der Waals surface area contributed by atoms with Gasteiger partial charge in [-0.25, -0.2) is 17.9 Å². The quantitative estimate of drug-likeness (QED) is 0.573. The van der Waals surface area contributed by atoms with Crippen LogP contribution < -0.4 is 4.72 Å². The Labute approximate surface area is 78.9 Å². The second kappa shape index (κ2) is 5.17. The van der Waals surface area contributed by atoms with E-state index < -0.39 is 34.4 Å². The van der Waals surface area contributed by atoms with Crippen LogP contribution in [0, 0.1) is 0 Å². The van der Waals surface area contributed by atoms with Gasteiger partial charge in [-0.05, 0) is 0 Å². The zero-order chi connectivity index (χ0) is 11.4. The minimum atomic E-state index is -4.79. The third kappa shape index (κ3) is 3.94. The second-order valence-electron chi connectivity index (χ2n) is 2.19. The number of ether oxygens (including phenoxy) is 1. The Morgan fingerprint density at radius 3 is 2.43 bits per heavy atom. The van der Waals surface area contributed by atoms with Crippen molar-refractivity contribution in [2.24, 2.45) is 0 Å². The van der Waals surface area contributed by atoms with Crippen LogP contribution >= 0.6 is 0 Å². The van der Waals surface area contributed by atoms with Crippen molar-refractivity contribution in [3.05, 3.63) is 0 Å². The second-order valence-corrected chi connectivity index (χ2v) is 3.93. The molecule has 1 atom stereocenters. The first-order chi connectivity index (χ1) is 6.31. The van der Waals surface area contributed by atoms with Gasteiger partial charge < -0.3 is 9.84 Å². The topological polar surface area (TPSA) is 92.7 Å². The van der Waals surface area contributed by atoms with Crippen LogP contribution in [0.4, 0.5) is 8.78 Å². The van der Waals surface area contributed by atoms with E-state index in [-0.39, 0.29) is 0 Å². The van der Waals surface area contributed by atoms with Gasteiger partial charge in [0.05, 0.1) is 7.11 Å². The van der Waals surface area contributed by atoms with E-state index in [9.17, 15) is 22.0 Å². The summed E-state index contributed by atoms with van der Waals surface area (Å²) in [6, 6.07) is 0. The summed E-state index contributed by atoms with van der Waals surface area (Å²) < 4.78 is 49.6. The molecule has 2 N–H and O–H groups in total. The average molecular weight is 233 g/mol. The third-order valence-corrected chi connectivity index (χ3v) is 2.22. The number of sulfonamides is 1. The zero-order valence-electron chi connectivity index (χ0n) is 7.11. The lowest BCUT2D eigenvalue weighted by Crippen LogP contribution is -2.39. The number of halogens is 2. The molecule has 0 amide bonds. The Kier molecular flexibility index (Phi) is 4.88. The molecule has 84 valence electrons. The first-order valence-electron chi connectivity index (χ1n) is 3.33. The summed E-state index contributed by atoms with van der Waals surface area (Å²) in [5.41, 5.74) is 0. The molecule has 0 rings (SSSR count). The van der Waals surface area contributed by atoms with Gasteiger partial charge in [0.1, 0.15) is 0 Å². The van der Waals surface area contributed by atoms with Gasteiger partial charge in [-0.2, -0.15) is 8.78 Å². The van der Waals surface area contributed by atoms with Crippen molar-refractivity contribution in [1.82, 2.24) is 4.72 Å². The maximum Gasteiger partial charge on any atom is 0.350 e. The van der Waals surface area contributed by atoms with Crippen LogP contribution in [0.1, 0.15) is 0 Å². The molecule has 0 saturated heterocycles. The number of hydrogen-bond donors (Lipinski definition) is 2. The maximum atomic E-state index is 11.7. The Morgan fingerprint density at radius 2 is 2.07 bits per heavy atom. The van der Waals surface area contributed by atoms with Crippen LogP contribution in [0.25, 0.3) is 0 Å². The highest BCUT2D eigenvalue weighted by Crippen LogP contribution is 2.01. The van der Waals surface area contributed by atoms with Crippen LogP contribution in [-0.4, -0.2) is 45.0 Å². The lowest BCUT2D eigenvalue weighted by atomic mass is 10.4. The molecular formula is C5H9F2NO5S. The van der Waals surface area contributed by atoms with Gasteiger partial charge in [-0.3, -0.25) is 0 Å². The fraction of sp³-hybridized carbons (Fsp3) is 0.800. The van der Waals surface area contributed by atoms with Gasteiger partial charge in [0.2, 0.25) is 0 Å². The molecule has 9 heteroatoms. The van der Waals surface area contributed by atoms with E-state index in [1.807, 2.05) is 0 Å². The zero-order valence-corrected chi connectivity index (χ0v) is 7.92. The number of aliphatic hydroxyl groups is 1. The highest BCUT2D eigenvalue weighted by Gasteiger charge is 2.26. The predicted molar refractivity (Wildman–Crippen MR) is 40.9 cm³/mol. The highest BCUT2D eigenvalue weighted by atomic mass is 32.2. The molecule has 0 aliphatic carbocycles. The average Bonchev–Trinajstić information content (AvgIpc) is 2.12. The molecule has 0 bridgehead atoms. The number of hydrogen-bond acceptors (Lipinski definition) is 5. The SMILES string of the molecule is COC(=O)C(O)CNS(=O)(=O)C(F)F. The summed E-state index contributed by atoms with van der Waals surface area (Å²) in [5.74, 6) is -4.71. The number of methoxy groups -OCH3 is 1. The minimum Gasteiger partial charge on any atom is -0.467 e.